The third-order valence-electron chi connectivity index (χ3n) is 2.23. The average Bonchev–Trinajstić information content (AvgIpc) is 2.76. The molecule has 0 fully saturated rings. The second kappa shape index (κ2) is 4.63. The van der Waals surface area contributed by atoms with Gasteiger partial charge in [0.15, 0.2) is 12.0 Å². The molecule has 2 rings (SSSR count). The number of carbonyl (C=O) groups excluding carboxylic acids is 1. The van der Waals surface area contributed by atoms with Crippen molar-refractivity contribution < 1.29 is 9.21 Å². The maximum atomic E-state index is 10.8. The van der Waals surface area contributed by atoms with Gasteiger partial charge in [0, 0.05) is 6.54 Å². The summed E-state index contributed by atoms with van der Waals surface area (Å²) in [7, 11) is 0. The Labute approximate surface area is 91.8 Å². The van der Waals surface area contributed by atoms with Gasteiger partial charge < -0.3 is 9.73 Å². The van der Waals surface area contributed by atoms with E-state index in [-0.39, 0.29) is 6.03 Å². The van der Waals surface area contributed by atoms with Crippen LogP contribution < -0.4 is 16.6 Å². The average molecular weight is 220 g/mol. The first-order valence-electron chi connectivity index (χ1n) is 4.86. The van der Waals surface area contributed by atoms with Crippen molar-refractivity contribution in [1.82, 2.24) is 15.7 Å². The Morgan fingerprint density at radius 3 is 3.19 bits per heavy atom. The molecular weight excluding hydrogens is 208 g/mol. The van der Waals surface area contributed by atoms with Gasteiger partial charge in [-0.25, -0.2) is 15.6 Å². The van der Waals surface area contributed by atoms with Gasteiger partial charge in [0.2, 0.25) is 0 Å². The smallest absolute Gasteiger partial charge is 0.328 e. The minimum absolute atomic E-state index is 0.388. The Morgan fingerprint density at radius 1 is 1.50 bits per heavy atom. The lowest BCUT2D eigenvalue weighted by molar-refractivity contribution is 0.241. The number of hydrazine groups is 1. The maximum Gasteiger partial charge on any atom is 0.328 e. The highest BCUT2D eigenvalue weighted by Gasteiger charge is 2.01. The number of carbonyl (C=O) groups is 1. The largest absolute Gasteiger partial charge is 0.443 e. The van der Waals surface area contributed by atoms with E-state index in [1.807, 2.05) is 23.6 Å². The van der Waals surface area contributed by atoms with Crippen molar-refractivity contribution >= 4 is 17.1 Å². The topological polar surface area (TPSA) is 93.2 Å². The van der Waals surface area contributed by atoms with Crippen LogP contribution >= 0.6 is 0 Å². The van der Waals surface area contributed by atoms with Crippen LogP contribution in [-0.2, 0) is 6.42 Å². The Hall–Kier alpha value is -2.08. The lowest BCUT2D eigenvalue weighted by Crippen LogP contribution is -2.40. The highest BCUT2D eigenvalue weighted by atomic mass is 16.3. The molecule has 1 heterocycles. The summed E-state index contributed by atoms with van der Waals surface area (Å²) in [5.74, 6) is 4.93. The molecule has 0 aliphatic rings. The Balaban J connectivity index is 1.96. The number of rotatable bonds is 3. The summed E-state index contributed by atoms with van der Waals surface area (Å²) in [5, 5.41) is 2.60. The molecular formula is C10H12N4O2. The van der Waals surface area contributed by atoms with Crippen molar-refractivity contribution in [3.8, 4) is 0 Å². The predicted octanol–water partition coefficient (Wildman–Crippen LogP) is 0.543. The molecule has 0 spiro atoms. The number of hydrogen-bond acceptors (Lipinski definition) is 4. The van der Waals surface area contributed by atoms with Crippen LogP contribution in [0.2, 0.25) is 0 Å². The standard InChI is InChI=1S/C10H12N4O2/c11-14-10(15)12-4-3-7-1-2-8-9(5-7)16-6-13-8/h1-2,5-6H,3-4,11H2,(H2,12,14,15). The Bertz CT molecular complexity index is 494. The minimum atomic E-state index is -0.388. The van der Waals surface area contributed by atoms with Crippen LogP contribution in [0.5, 0.6) is 0 Å². The molecule has 0 bridgehead atoms. The molecule has 6 heteroatoms. The molecule has 4 N–H and O–H groups in total. The predicted molar refractivity (Wildman–Crippen MR) is 58.4 cm³/mol. The summed E-state index contributed by atoms with van der Waals surface area (Å²) >= 11 is 0. The van der Waals surface area contributed by atoms with E-state index >= 15 is 0 Å². The molecule has 0 aliphatic heterocycles. The molecule has 0 aliphatic carbocycles. The van der Waals surface area contributed by atoms with E-state index < -0.39 is 0 Å². The SMILES string of the molecule is NNC(=O)NCCc1ccc2ncoc2c1. The van der Waals surface area contributed by atoms with Crippen molar-refractivity contribution in [2.75, 3.05) is 6.54 Å². The number of oxazole rings is 1. The van der Waals surface area contributed by atoms with Gasteiger partial charge in [0.1, 0.15) is 5.52 Å². The summed E-state index contributed by atoms with van der Waals surface area (Å²) in [6, 6.07) is 5.36. The van der Waals surface area contributed by atoms with E-state index in [2.05, 4.69) is 10.3 Å². The second-order valence-electron chi connectivity index (χ2n) is 3.30. The number of fused-ring (bicyclic) bond motifs is 1. The third kappa shape index (κ3) is 2.29. The van der Waals surface area contributed by atoms with Crippen molar-refractivity contribution in [1.29, 1.82) is 0 Å². The van der Waals surface area contributed by atoms with Crippen LogP contribution in [0, 0.1) is 0 Å². The van der Waals surface area contributed by atoms with Gasteiger partial charge in [-0.2, -0.15) is 0 Å². The van der Waals surface area contributed by atoms with Crippen LogP contribution in [0.3, 0.4) is 0 Å². The van der Waals surface area contributed by atoms with Gasteiger partial charge in [0.05, 0.1) is 0 Å². The van der Waals surface area contributed by atoms with Gasteiger partial charge in [-0.3, -0.25) is 5.43 Å². The van der Waals surface area contributed by atoms with Crippen molar-refractivity contribution in [3.05, 3.63) is 30.2 Å². The Morgan fingerprint density at radius 2 is 2.38 bits per heavy atom. The molecule has 2 amide bonds. The first kappa shape index (κ1) is 10.4. The van der Waals surface area contributed by atoms with E-state index in [1.165, 1.54) is 6.39 Å². The zero-order valence-corrected chi connectivity index (χ0v) is 8.56. The number of aromatic nitrogens is 1. The lowest BCUT2D eigenvalue weighted by atomic mass is 10.1. The number of urea groups is 1. The first-order chi connectivity index (χ1) is 7.79. The molecule has 1 aromatic carbocycles. The summed E-state index contributed by atoms with van der Waals surface area (Å²) < 4.78 is 5.18. The number of hydrogen-bond donors (Lipinski definition) is 3. The molecule has 0 unspecified atom stereocenters. The van der Waals surface area contributed by atoms with Crippen molar-refractivity contribution in [2.24, 2.45) is 5.84 Å². The van der Waals surface area contributed by atoms with Crippen LogP contribution in [0.15, 0.2) is 29.0 Å². The van der Waals surface area contributed by atoms with Crippen LogP contribution in [0.4, 0.5) is 4.79 Å². The van der Waals surface area contributed by atoms with Gasteiger partial charge in [0.25, 0.3) is 0 Å². The first-order valence-corrected chi connectivity index (χ1v) is 4.86. The van der Waals surface area contributed by atoms with E-state index in [0.717, 1.165) is 16.7 Å². The molecule has 2 aromatic rings. The van der Waals surface area contributed by atoms with Crippen LogP contribution in [0.25, 0.3) is 11.1 Å². The lowest BCUT2D eigenvalue weighted by Gasteiger charge is -2.03. The zero-order chi connectivity index (χ0) is 11.4. The number of nitrogens with zero attached hydrogens (tertiary/aromatic N) is 1. The maximum absolute atomic E-state index is 10.8. The summed E-state index contributed by atoms with van der Waals surface area (Å²) in [4.78, 5) is 14.8. The zero-order valence-electron chi connectivity index (χ0n) is 8.56. The number of benzene rings is 1. The normalized spacial score (nSPS) is 10.3. The van der Waals surface area contributed by atoms with Crippen molar-refractivity contribution in [2.45, 2.75) is 6.42 Å². The quantitative estimate of drug-likeness (QED) is 0.400. The fourth-order valence-corrected chi connectivity index (χ4v) is 1.43. The highest BCUT2D eigenvalue weighted by molar-refractivity contribution is 5.73. The summed E-state index contributed by atoms with van der Waals surface area (Å²) in [6.45, 7) is 0.517. The minimum Gasteiger partial charge on any atom is -0.443 e. The summed E-state index contributed by atoms with van der Waals surface area (Å²) in [5.41, 5.74) is 4.65. The fraction of sp³-hybridized carbons (Fsp3) is 0.200. The Kier molecular flexibility index (Phi) is 3.02. The van der Waals surface area contributed by atoms with Gasteiger partial charge in [-0.15, -0.1) is 0 Å². The number of amides is 2. The monoisotopic (exact) mass is 220 g/mol. The highest BCUT2D eigenvalue weighted by Crippen LogP contribution is 2.14. The van der Waals surface area contributed by atoms with Gasteiger partial charge in [-0.1, -0.05) is 6.07 Å². The molecule has 6 nitrogen and oxygen atoms in total. The van der Waals surface area contributed by atoms with E-state index in [4.69, 9.17) is 10.3 Å². The number of nitrogens with two attached hydrogens (primary N) is 1. The second-order valence-corrected chi connectivity index (χ2v) is 3.30. The molecule has 0 saturated carbocycles. The number of nitrogens with one attached hydrogen (secondary N) is 2. The molecule has 0 radical (unpaired) electrons. The summed E-state index contributed by atoms with van der Waals surface area (Å²) in [6.07, 6.45) is 2.12. The molecule has 1 aromatic heterocycles. The molecule has 0 saturated heterocycles. The van der Waals surface area contributed by atoms with Gasteiger partial charge in [-0.05, 0) is 24.1 Å². The van der Waals surface area contributed by atoms with Crippen LogP contribution in [-0.4, -0.2) is 17.6 Å². The van der Waals surface area contributed by atoms with E-state index in [0.29, 0.717) is 13.0 Å². The van der Waals surface area contributed by atoms with Crippen LogP contribution in [0.1, 0.15) is 5.56 Å². The van der Waals surface area contributed by atoms with E-state index in [9.17, 15) is 4.79 Å². The molecule has 0 atom stereocenters. The van der Waals surface area contributed by atoms with E-state index in [1.54, 1.807) is 0 Å². The van der Waals surface area contributed by atoms with Gasteiger partial charge >= 0.3 is 6.03 Å². The van der Waals surface area contributed by atoms with Crippen molar-refractivity contribution in [3.63, 3.8) is 0 Å². The molecule has 16 heavy (non-hydrogen) atoms. The molecule has 84 valence electrons. The third-order valence-corrected chi connectivity index (χ3v) is 2.23. The fourth-order valence-electron chi connectivity index (χ4n) is 1.43.